The average molecular weight is 180 g/mol. The van der Waals surface area contributed by atoms with Gasteiger partial charge in [0.2, 0.25) is 0 Å². The molecule has 0 amide bonds. The zero-order valence-corrected chi connectivity index (χ0v) is 8.58. The van der Waals surface area contributed by atoms with Crippen LogP contribution in [0.1, 0.15) is 32.6 Å². The molecule has 3 rings (SSSR count). The largest absolute Gasteiger partial charge is 0.298 e. The molecule has 2 bridgehead atoms. The normalized spacial score (nSPS) is 46.4. The molecule has 3 fully saturated rings. The van der Waals surface area contributed by atoms with Crippen molar-refractivity contribution in [2.75, 3.05) is 19.6 Å². The lowest BCUT2D eigenvalue weighted by Crippen LogP contribution is -2.60. The second-order valence-corrected chi connectivity index (χ2v) is 5.07. The van der Waals surface area contributed by atoms with Crippen LogP contribution in [-0.4, -0.2) is 47.6 Å². The maximum atomic E-state index is 2.81. The van der Waals surface area contributed by atoms with Crippen LogP contribution in [0.5, 0.6) is 0 Å². The number of hydrogen-bond acceptors (Lipinski definition) is 2. The second-order valence-electron chi connectivity index (χ2n) is 5.07. The van der Waals surface area contributed by atoms with Gasteiger partial charge in [-0.25, -0.2) is 0 Å². The van der Waals surface area contributed by atoms with Crippen molar-refractivity contribution in [3.8, 4) is 0 Å². The Labute approximate surface area is 80.9 Å². The average Bonchev–Trinajstić information content (AvgIpc) is 2.96. The molecule has 2 heterocycles. The minimum atomic E-state index is 0.817. The molecule has 74 valence electrons. The number of fused-ring (bicyclic) bond motifs is 2. The fourth-order valence-corrected chi connectivity index (χ4v) is 3.08. The Balaban J connectivity index is 1.74. The zero-order valence-electron chi connectivity index (χ0n) is 8.58. The lowest BCUT2D eigenvalue weighted by Gasteiger charge is -2.49. The van der Waals surface area contributed by atoms with Crippen molar-refractivity contribution >= 4 is 0 Å². The van der Waals surface area contributed by atoms with E-state index in [2.05, 4.69) is 16.7 Å². The monoisotopic (exact) mass is 180 g/mol. The van der Waals surface area contributed by atoms with Crippen molar-refractivity contribution in [1.82, 2.24) is 9.80 Å². The van der Waals surface area contributed by atoms with Gasteiger partial charge >= 0.3 is 0 Å². The third-order valence-electron chi connectivity index (χ3n) is 4.01. The first kappa shape index (κ1) is 8.25. The number of hydrogen-bond donors (Lipinski definition) is 0. The number of piperidine rings is 1. The highest BCUT2D eigenvalue weighted by Crippen LogP contribution is 2.34. The van der Waals surface area contributed by atoms with Gasteiger partial charge in [0.25, 0.3) is 0 Å². The Bertz CT molecular complexity index is 200. The number of rotatable bonds is 1. The van der Waals surface area contributed by atoms with Crippen molar-refractivity contribution in [1.29, 1.82) is 0 Å². The van der Waals surface area contributed by atoms with Crippen molar-refractivity contribution < 1.29 is 0 Å². The fourth-order valence-electron chi connectivity index (χ4n) is 3.08. The molecule has 0 radical (unpaired) electrons. The van der Waals surface area contributed by atoms with E-state index >= 15 is 0 Å². The van der Waals surface area contributed by atoms with Crippen LogP contribution in [0.3, 0.4) is 0 Å². The molecule has 2 aliphatic heterocycles. The minimum Gasteiger partial charge on any atom is -0.298 e. The highest BCUT2D eigenvalue weighted by Gasteiger charge is 2.40. The van der Waals surface area contributed by atoms with E-state index in [1.54, 1.807) is 0 Å². The molecule has 0 aromatic heterocycles. The van der Waals surface area contributed by atoms with Gasteiger partial charge in [0, 0.05) is 31.2 Å². The summed E-state index contributed by atoms with van der Waals surface area (Å²) in [4.78, 5) is 5.49. The van der Waals surface area contributed by atoms with Gasteiger partial charge in [0.15, 0.2) is 0 Å². The number of nitrogens with zero attached hydrogens (tertiary/aromatic N) is 2. The Kier molecular flexibility index (Phi) is 1.88. The van der Waals surface area contributed by atoms with Gasteiger partial charge in [0.1, 0.15) is 0 Å². The van der Waals surface area contributed by atoms with Crippen molar-refractivity contribution in [3.63, 3.8) is 0 Å². The first-order chi connectivity index (χ1) is 6.34. The SMILES string of the molecule is CC1CN(C2CC2)C2CCCN1C2. The van der Waals surface area contributed by atoms with Crippen molar-refractivity contribution in [3.05, 3.63) is 0 Å². The minimum absolute atomic E-state index is 0.817. The van der Waals surface area contributed by atoms with Gasteiger partial charge in [-0.3, -0.25) is 9.80 Å². The summed E-state index contributed by atoms with van der Waals surface area (Å²) in [6.45, 7) is 6.46. The van der Waals surface area contributed by atoms with Crippen LogP contribution in [0.2, 0.25) is 0 Å². The van der Waals surface area contributed by atoms with E-state index in [4.69, 9.17) is 0 Å². The van der Waals surface area contributed by atoms with Crippen LogP contribution in [0, 0.1) is 0 Å². The topological polar surface area (TPSA) is 6.48 Å². The van der Waals surface area contributed by atoms with E-state index in [1.807, 2.05) is 0 Å². The molecule has 1 saturated carbocycles. The molecule has 0 N–H and O–H groups in total. The van der Waals surface area contributed by atoms with Gasteiger partial charge < -0.3 is 0 Å². The number of piperazine rings is 1. The van der Waals surface area contributed by atoms with E-state index < -0.39 is 0 Å². The predicted molar refractivity (Wildman–Crippen MR) is 53.8 cm³/mol. The lowest BCUT2D eigenvalue weighted by molar-refractivity contribution is -0.000733. The van der Waals surface area contributed by atoms with Crippen LogP contribution in [0.4, 0.5) is 0 Å². The van der Waals surface area contributed by atoms with Crippen LogP contribution in [0.15, 0.2) is 0 Å². The predicted octanol–water partition coefficient (Wildman–Crippen LogP) is 1.32. The summed E-state index contributed by atoms with van der Waals surface area (Å²) in [5.41, 5.74) is 0. The Morgan fingerprint density at radius 3 is 2.62 bits per heavy atom. The van der Waals surface area contributed by atoms with E-state index in [-0.39, 0.29) is 0 Å². The quantitative estimate of drug-likeness (QED) is 0.600. The summed E-state index contributed by atoms with van der Waals surface area (Å²) in [5, 5.41) is 0. The molecular weight excluding hydrogens is 160 g/mol. The molecule has 2 nitrogen and oxygen atoms in total. The van der Waals surface area contributed by atoms with E-state index in [0.717, 1.165) is 18.1 Å². The summed E-state index contributed by atoms with van der Waals surface area (Å²) in [6, 6.07) is 2.71. The van der Waals surface area contributed by atoms with Gasteiger partial charge in [0.05, 0.1) is 0 Å². The molecule has 0 aromatic carbocycles. The van der Waals surface area contributed by atoms with Gasteiger partial charge in [-0.2, -0.15) is 0 Å². The molecule has 2 heteroatoms. The van der Waals surface area contributed by atoms with Crippen LogP contribution in [-0.2, 0) is 0 Å². The highest BCUT2D eigenvalue weighted by molar-refractivity contribution is 4.97. The first-order valence-corrected chi connectivity index (χ1v) is 5.84. The van der Waals surface area contributed by atoms with Gasteiger partial charge in [-0.15, -0.1) is 0 Å². The maximum absolute atomic E-state index is 2.81. The molecule has 3 atom stereocenters. The third-order valence-corrected chi connectivity index (χ3v) is 4.01. The highest BCUT2D eigenvalue weighted by atomic mass is 15.3. The Hall–Kier alpha value is -0.0800. The maximum Gasteiger partial charge on any atom is 0.0227 e. The van der Waals surface area contributed by atoms with E-state index in [1.165, 1.54) is 45.3 Å². The molecule has 3 aliphatic rings. The molecule has 3 unspecified atom stereocenters. The van der Waals surface area contributed by atoms with Crippen molar-refractivity contribution in [2.24, 2.45) is 0 Å². The summed E-state index contributed by atoms with van der Waals surface area (Å²) in [7, 11) is 0. The molecule has 1 aliphatic carbocycles. The van der Waals surface area contributed by atoms with E-state index in [0.29, 0.717) is 0 Å². The van der Waals surface area contributed by atoms with Gasteiger partial charge in [-0.1, -0.05) is 0 Å². The van der Waals surface area contributed by atoms with Crippen LogP contribution < -0.4 is 0 Å². The van der Waals surface area contributed by atoms with Crippen LogP contribution in [0.25, 0.3) is 0 Å². The summed E-state index contributed by atoms with van der Waals surface area (Å²) in [6.07, 6.45) is 5.84. The summed E-state index contributed by atoms with van der Waals surface area (Å²) >= 11 is 0. The standard InChI is InChI=1S/C11H20N2/c1-9-7-13(10-4-5-10)11-3-2-6-12(9)8-11/h9-11H,2-8H2,1H3. The van der Waals surface area contributed by atoms with E-state index in [9.17, 15) is 0 Å². The second kappa shape index (κ2) is 2.96. The third kappa shape index (κ3) is 1.40. The Morgan fingerprint density at radius 1 is 1.00 bits per heavy atom. The first-order valence-electron chi connectivity index (χ1n) is 5.84. The smallest absolute Gasteiger partial charge is 0.0227 e. The molecule has 13 heavy (non-hydrogen) atoms. The molecular formula is C11H20N2. The summed E-state index contributed by atoms with van der Waals surface area (Å²) in [5.74, 6) is 0. The Morgan fingerprint density at radius 2 is 1.85 bits per heavy atom. The fraction of sp³-hybridized carbons (Fsp3) is 1.00. The van der Waals surface area contributed by atoms with Gasteiger partial charge in [-0.05, 0) is 39.2 Å². The van der Waals surface area contributed by atoms with Crippen LogP contribution >= 0.6 is 0 Å². The summed E-state index contributed by atoms with van der Waals surface area (Å²) < 4.78 is 0. The molecule has 2 saturated heterocycles. The zero-order chi connectivity index (χ0) is 8.84. The lowest BCUT2D eigenvalue weighted by atomic mass is 9.97. The molecule has 0 spiro atoms. The van der Waals surface area contributed by atoms with Crippen molar-refractivity contribution in [2.45, 2.75) is 50.7 Å². The molecule has 0 aromatic rings.